The maximum absolute atomic E-state index is 14.4. The number of nitrogens with zero attached hydrogens (tertiary/aromatic N) is 1. The first-order chi connectivity index (χ1) is 25.8. The first-order valence-corrected chi connectivity index (χ1v) is 20.2. The van der Waals surface area contributed by atoms with E-state index in [0.29, 0.717) is 12.8 Å². The van der Waals surface area contributed by atoms with Crippen LogP contribution in [0.15, 0.2) is 30.3 Å². The average molecular weight is 788 g/mol. The minimum absolute atomic E-state index is 0.187. The van der Waals surface area contributed by atoms with E-state index < -0.39 is 87.6 Å². The number of esters is 5. The number of likely N-dealkylation sites (N-methyl/N-ethyl adjacent to an activating group) is 1. The van der Waals surface area contributed by atoms with E-state index in [4.69, 9.17) is 28.4 Å². The number of benzene rings is 1. The third-order valence-corrected chi connectivity index (χ3v) is 10.3. The van der Waals surface area contributed by atoms with Crippen LogP contribution >= 0.6 is 0 Å². The van der Waals surface area contributed by atoms with E-state index in [1.165, 1.54) is 0 Å². The molecule has 1 heterocycles. The van der Waals surface area contributed by atoms with Gasteiger partial charge in [-0.2, -0.15) is 0 Å². The number of hydrogen-bond acceptors (Lipinski definition) is 12. The van der Waals surface area contributed by atoms with E-state index >= 15 is 0 Å². The van der Waals surface area contributed by atoms with Gasteiger partial charge in [-0.15, -0.1) is 0 Å². The molecular weight excluding hydrogens is 718 g/mol. The van der Waals surface area contributed by atoms with Gasteiger partial charge in [0.15, 0.2) is 24.5 Å². The molecule has 0 bridgehead atoms. The van der Waals surface area contributed by atoms with E-state index in [-0.39, 0.29) is 25.7 Å². The van der Waals surface area contributed by atoms with Crippen molar-refractivity contribution in [3.8, 4) is 0 Å². The molecular formula is C44H69NO11. The van der Waals surface area contributed by atoms with E-state index in [2.05, 4.69) is 0 Å². The summed E-state index contributed by atoms with van der Waals surface area (Å²) < 4.78 is 37.7. The van der Waals surface area contributed by atoms with Crippen LogP contribution in [0.2, 0.25) is 0 Å². The van der Waals surface area contributed by atoms with Crippen molar-refractivity contribution in [1.29, 1.82) is 0 Å². The van der Waals surface area contributed by atoms with Gasteiger partial charge in [-0.3, -0.25) is 28.9 Å². The van der Waals surface area contributed by atoms with Crippen molar-refractivity contribution in [2.24, 2.45) is 27.1 Å². The molecule has 12 heteroatoms. The molecule has 2 aliphatic rings. The molecule has 0 spiro atoms. The second-order valence-electron chi connectivity index (χ2n) is 19.4. The van der Waals surface area contributed by atoms with Gasteiger partial charge in [-0.1, -0.05) is 56.5 Å². The zero-order chi connectivity index (χ0) is 42.4. The van der Waals surface area contributed by atoms with Crippen LogP contribution in [-0.2, 0) is 52.4 Å². The van der Waals surface area contributed by atoms with Crippen LogP contribution in [0.1, 0.15) is 141 Å². The molecule has 0 amide bonds. The highest BCUT2D eigenvalue weighted by molar-refractivity contribution is 5.79. The molecule has 316 valence electrons. The predicted octanol–water partition coefficient (Wildman–Crippen LogP) is 7.75. The second kappa shape index (κ2) is 18.4. The lowest BCUT2D eigenvalue weighted by Crippen LogP contribution is -2.68. The fourth-order valence-corrected chi connectivity index (χ4v) is 6.99. The summed E-state index contributed by atoms with van der Waals surface area (Å²) in [6, 6.07) is 8.95. The van der Waals surface area contributed by atoms with E-state index in [0.717, 1.165) is 24.8 Å². The Hall–Kier alpha value is -3.51. The fraction of sp³-hybridized carbons (Fsp3) is 0.750. The topological polar surface area (TPSA) is 144 Å². The molecule has 1 aromatic carbocycles. The van der Waals surface area contributed by atoms with Crippen molar-refractivity contribution in [3.63, 3.8) is 0 Å². The molecule has 0 unspecified atom stereocenters. The molecule has 2 fully saturated rings. The van der Waals surface area contributed by atoms with Crippen LogP contribution in [0.3, 0.4) is 0 Å². The lowest BCUT2D eigenvalue weighted by Gasteiger charge is -2.53. The molecule has 56 heavy (non-hydrogen) atoms. The Labute approximate surface area is 335 Å². The van der Waals surface area contributed by atoms with Crippen LogP contribution < -0.4 is 0 Å². The van der Waals surface area contributed by atoms with Gasteiger partial charge in [-0.25, -0.2) is 0 Å². The standard InChI is InChI=1S/C44H69NO11/c1-15-45(33(28-23-19-17-20-24-28)44(39(50)51-16-2)25-21-18-22-26-44)34-32(56-38(49)43(12,13)14)31(55-37(48)42(9,10)11)30(54-36(47)41(6,7)8)29(53-34)27-52-35(46)40(3,4)5/h17,19-20,23-24,29-34H,15-16,18,21-22,25-27H2,1-14H3/t29-,30+,31+,32-,33-,34-/m1/s1. The molecule has 1 aliphatic heterocycles. The van der Waals surface area contributed by atoms with Gasteiger partial charge >= 0.3 is 29.8 Å². The van der Waals surface area contributed by atoms with Crippen LogP contribution in [0.5, 0.6) is 0 Å². The summed E-state index contributed by atoms with van der Waals surface area (Å²) in [5.74, 6) is -2.75. The van der Waals surface area contributed by atoms with E-state index in [1.807, 2.05) is 42.2 Å². The fourth-order valence-electron chi connectivity index (χ4n) is 6.99. The van der Waals surface area contributed by atoms with Crippen molar-refractivity contribution >= 4 is 29.8 Å². The highest BCUT2D eigenvalue weighted by Crippen LogP contribution is 2.52. The molecule has 1 saturated carbocycles. The highest BCUT2D eigenvalue weighted by atomic mass is 16.7. The number of ether oxygens (including phenoxy) is 6. The van der Waals surface area contributed by atoms with Crippen LogP contribution in [0.25, 0.3) is 0 Å². The van der Waals surface area contributed by atoms with Gasteiger partial charge in [0.1, 0.15) is 12.7 Å². The maximum Gasteiger partial charge on any atom is 0.314 e. The van der Waals surface area contributed by atoms with Crippen molar-refractivity contribution in [1.82, 2.24) is 4.90 Å². The van der Waals surface area contributed by atoms with Crippen molar-refractivity contribution < 1.29 is 52.4 Å². The maximum atomic E-state index is 14.4. The average Bonchev–Trinajstić information content (AvgIpc) is 3.10. The number of carbonyl (C=O) groups is 5. The van der Waals surface area contributed by atoms with Gasteiger partial charge in [0, 0.05) is 0 Å². The Bertz CT molecular complexity index is 1510. The molecule has 12 nitrogen and oxygen atoms in total. The van der Waals surface area contributed by atoms with Crippen molar-refractivity contribution in [2.75, 3.05) is 19.8 Å². The monoisotopic (exact) mass is 787 g/mol. The Morgan fingerprint density at radius 2 is 1.12 bits per heavy atom. The van der Waals surface area contributed by atoms with Gasteiger partial charge < -0.3 is 28.4 Å². The third kappa shape index (κ3) is 11.3. The van der Waals surface area contributed by atoms with Gasteiger partial charge in [0.25, 0.3) is 0 Å². The molecule has 3 rings (SSSR count). The normalized spacial score (nSPS) is 23.7. The molecule has 0 aromatic heterocycles. The Morgan fingerprint density at radius 3 is 1.57 bits per heavy atom. The zero-order valence-corrected chi connectivity index (χ0v) is 36.4. The Morgan fingerprint density at radius 1 is 0.661 bits per heavy atom. The summed E-state index contributed by atoms with van der Waals surface area (Å²) >= 11 is 0. The Kier molecular flexibility index (Phi) is 15.4. The van der Waals surface area contributed by atoms with Crippen molar-refractivity contribution in [2.45, 2.75) is 166 Å². The highest BCUT2D eigenvalue weighted by Gasteiger charge is 2.59. The molecule has 1 saturated heterocycles. The smallest absolute Gasteiger partial charge is 0.314 e. The first-order valence-electron chi connectivity index (χ1n) is 20.2. The van der Waals surface area contributed by atoms with E-state index in [9.17, 15) is 24.0 Å². The predicted molar refractivity (Wildman–Crippen MR) is 211 cm³/mol. The van der Waals surface area contributed by atoms with E-state index in [1.54, 1.807) is 90.0 Å². The number of rotatable bonds is 12. The minimum Gasteiger partial charge on any atom is -0.466 e. The molecule has 1 aliphatic carbocycles. The van der Waals surface area contributed by atoms with Crippen LogP contribution in [-0.4, -0.2) is 85.1 Å². The molecule has 0 N–H and O–H groups in total. The lowest BCUT2D eigenvalue weighted by molar-refractivity contribution is -0.291. The summed E-state index contributed by atoms with van der Waals surface area (Å²) in [7, 11) is 0. The molecule has 0 radical (unpaired) electrons. The molecule has 1 aromatic rings. The third-order valence-electron chi connectivity index (χ3n) is 10.3. The van der Waals surface area contributed by atoms with Crippen LogP contribution in [0, 0.1) is 27.1 Å². The van der Waals surface area contributed by atoms with Gasteiger partial charge in [0.2, 0.25) is 0 Å². The largest absolute Gasteiger partial charge is 0.466 e. The summed E-state index contributed by atoms with van der Waals surface area (Å²) in [6.07, 6.45) is -3.00. The van der Waals surface area contributed by atoms with Gasteiger partial charge in [-0.05, 0) is 115 Å². The molecule has 6 atom stereocenters. The quantitative estimate of drug-likeness (QED) is 0.151. The second-order valence-corrected chi connectivity index (χ2v) is 19.4. The summed E-state index contributed by atoms with van der Waals surface area (Å²) in [4.78, 5) is 71.3. The van der Waals surface area contributed by atoms with Crippen molar-refractivity contribution in [3.05, 3.63) is 35.9 Å². The number of carbonyl (C=O) groups excluding carboxylic acids is 5. The SMILES string of the molecule is CCOC(=O)C1([C@@H](c2ccccc2)N(CC)[C@@H]2O[C@H](COC(=O)C(C)(C)C)[C@H](OC(=O)C(C)(C)C)[C@H](OC(=O)C(C)(C)C)[C@H]2OC(=O)C(C)(C)C)CCCCC1. The minimum atomic E-state index is -1.42. The zero-order valence-electron chi connectivity index (χ0n) is 36.4. The summed E-state index contributed by atoms with van der Waals surface area (Å²) in [5.41, 5.74) is -4.13. The number of hydrogen-bond donors (Lipinski definition) is 0. The lowest BCUT2D eigenvalue weighted by atomic mass is 9.66. The summed E-state index contributed by atoms with van der Waals surface area (Å²) in [5, 5.41) is 0. The summed E-state index contributed by atoms with van der Waals surface area (Å²) in [6.45, 7) is 24.2. The van der Waals surface area contributed by atoms with Gasteiger partial charge in [0.05, 0.1) is 39.7 Å². The first kappa shape index (κ1) is 46.9. The Balaban J connectivity index is 2.42. The van der Waals surface area contributed by atoms with Crippen LogP contribution in [0.4, 0.5) is 0 Å².